The maximum absolute atomic E-state index is 13.4. The first kappa shape index (κ1) is 25.0. The number of piperidine rings is 2. The van der Waals surface area contributed by atoms with Crippen LogP contribution in [-0.4, -0.2) is 40.4 Å². The van der Waals surface area contributed by atoms with Gasteiger partial charge in [0, 0.05) is 24.4 Å². The molecule has 0 radical (unpaired) electrons. The van der Waals surface area contributed by atoms with Crippen LogP contribution in [0.1, 0.15) is 60.3 Å². The van der Waals surface area contributed by atoms with Crippen LogP contribution in [0.25, 0.3) is 11.1 Å². The van der Waals surface area contributed by atoms with E-state index in [-0.39, 0.29) is 37.1 Å². The summed E-state index contributed by atoms with van der Waals surface area (Å²) in [6.45, 7) is 0.249. The molecule has 3 aromatic rings. The highest BCUT2D eigenvalue weighted by molar-refractivity contribution is 5.79. The number of hydrogen-bond acceptors (Lipinski definition) is 3. The van der Waals surface area contributed by atoms with Crippen molar-refractivity contribution in [3.05, 3.63) is 95.1 Å². The zero-order valence-electron chi connectivity index (χ0n) is 21.0. The predicted octanol–water partition coefficient (Wildman–Crippen LogP) is 6.95. The van der Waals surface area contributed by atoms with Gasteiger partial charge in [-0.3, -0.25) is 0 Å². The highest BCUT2D eigenvalue weighted by Crippen LogP contribution is 2.45. The van der Waals surface area contributed by atoms with Gasteiger partial charge in [-0.1, -0.05) is 60.7 Å². The normalized spacial score (nSPS) is 24.6. The van der Waals surface area contributed by atoms with Gasteiger partial charge in [0.25, 0.3) is 0 Å². The Hall–Kier alpha value is -3.32. The average Bonchev–Trinajstić information content (AvgIpc) is 3.20. The first-order valence-electron chi connectivity index (χ1n) is 13.2. The van der Waals surface area contributed by atoms with Gasteiger partial charge in [-0.25, -0.2) is 4.79 Å². The number of carbonyl (C=O) groups excluding carboxylic acids is 1. The van der Waals surface area contributed by atoms with Crippen molar-refractivity contribution in [2.45, 2.75) is 68.3 Å². The summed E-state index contributed by atoms with van der Waals surface area (Å²) >= 11 is 0. The van der Waals surface area contributed by atoms with Crippen LogP contribution in [0, 0.1) is 0 Å². The molecule has 198 valence electrons. The van der Waals surface area contributed by atoms with Gasteiger partial charge in [0.2, 0.25) is 0 Å². The lowest BCUT2D eigenvalue weighted by Crippen LogP contribution is -2.60. The van der Waals surface area contributed by atoms with Crippen LogP contribution in [-0.2, 0) is 17.3 Å². The van der Waals surface area contributed by atoms with E-state index < -0.39 is 17.3 Å². The smallest absolute Gasteiger partial charge is 0.416 e. The van der Waals surface area contributed by atoms with Gasteiger partial charge in [0.15, 0.2) is 0 Å². The van der Waals surface area contributed by atoms with E-state index in [9.17, 15) is 23.1 Å². The molecule has 0 saturated carbocycles. The largest absolute Gasteiger partial charge is 0.448 e. The molecule has 0 aromatic heterocycles. The van der Waals surface area contributed by atoms with Crippen LogP contribution in [0.5, 0.6) is 0 Å². The first-order valence-corrected chi connectivity index (χ1v) is 13.2. The molecule has 2 bridgehead atoms. The van der Waals surface area contributed by atoms with Gasteiger partial charge in [-0.2, -0.15) is 13.2 Å². The fourth-order valence-electron chi connectivity index (χ4n) is 6.83. The van der Waals surface area contributed by atoms with E-state index in [0.717, 1.165) is 42.5 Å². The number of nitrogens with zero attached hydrogens (tertiary/aromatic N) is 1. The Labute approximate surface area is 220 Å². The third kappa shape index (κ3) is 4.57. The summed E-state index contributed by atoms with van der Waals surface area (Å²) in [7, 11) is 0. The van der Waals surface area contributed by atoms with Crippen LogP contribution >= 0.6 is 0 Å². The molecule has 1 aliphatic carbocycles. The van der Waals surface area contributed by atoms with Crippen LogP contribution in [0.15, 0.2) is 72.8 Å². The summed E-state index contributed by atoms with van der Waals surface area (Å²) in [4.78, 5) is 15.2. The molecule has 2 aliphatic heterocycles. The quantitative estimate of drug-likeness (QED) is 0.404. The number of aliphatic hydroxyl groups is 1. The monoisotopic (exact) mass is 521 g/mol. The third-order valence-corrected chi connectivity index (χ3v) is 8.45. The second-order valence-corrected chi connectivity index (χ2v) is 11.0. The minimum Gasteiger partial charge on any atom is -0.448 e. The standard InChI is InChI=1S/C31H30F3NO3/c32-31(33,34)21-14-12-20(13-15-21)16-30(37)17-22-6-5-7-23(18-30)35(22)29(36)38-19-28-26-10-3-1-8-24(26)25-9-2-4-11-27(25)28/h1-4,8-15,22-23,28,37H,5-7,16-19H2. The molecular weight excluding hydrogens is 491 g/mol. The fourth-order valence-corrected chi connectivity index (χ4v) is 6.83. The van der Waals surface area contributed by atoms with Gasteiger partial charge >= 0.3 is 12.3 Å². The molecule has 4 nitrogen and oxygen atoms in total. The molecule has 6 rings (SSSR count). The van der Waals surface area contributed by atoms with Gasteiger partial charge in [-0.05, 0) is 72.1 Å². The summed E-state index contributed by atoms with van der Waals surface area (Å²) in [5.74, 6) is -0.0208. The summed E-state index contributed by atoms with van der Waals surface area (Å²) in [6, 6.07) is 21.1. The number of ether oxygens (including phenoxy) is 1. The van der Waals surface area contributed by atoms with Crippen LogP contribution in [0.3, 0.4) is 0 Å². The maximum atomic E-state index is 13.4. The van der Waals surface area contributed by atoms with Crippen LogP contribution in [0.4, 0.5) is 18.0 Å². The van der Waals surface area contributed by atoms with E-state index in [1.165, 1.54) is 23.3 Å². The van der Waals surface area contributed by atoms with E-state index in [2.05, 4.69) is 24.3 Å². The number of alkyl halides is 3. The van der Waals surface area contributed by atoms with Crippen molar-refractivity contribution in [1.82, 2.24) is 4.90 Å². The molecule has 2 unspecified atom stereocenters. The minimum absolute atomic E-state index is 0.0208. The van der Waals surface area contributed by atoms with Crippen LogP contribution < -0.4 is 0 Å². The number of amides is 1. The number of halogens is 3. The fraction of sp³-hybridized carbons (Fsp3) is 0.387. The molecule has 1 amide bonds. The van der Waals surface area contributed by atoms with E-state index in [4.69, 9.17) is 4.74 Å². The predicted molar refractivity (Wildman–Crippen MR) is 138 cm³/mol. The van der Waals surface area contributed by atoms with Crippen molar-refractivity contribution in [2.75, 3.05) is 6.61 Å². The minimum atomic E-state index is -4.39. The molecule has 7 heteroatoms. The first-order chi connectivity index (χ1) is 18.2. The second kappa shape index (κ2) is 9.45. The molecule has 3 aliphatic rings. The number of hydrogen-bond donors (Lipinski definition) is 1. The van der Waals surface area contributed by atoms with Crippen molar-refractivity contribution in [1.29, 1.82) is 0 Å². The molecule has 2 atom stereocenters. The zero-order valence-corrected chi connectivity index (χ0v) is 21.0. The van der Waals surface area contributed by atoms with Crippen molar-refractivity contribution in [2.24, 2.45) is 0 Å². The molecule has 38 heavy (non-hydrogen) atoms. The van der Waals surface area contributed by atoms with Crippen molar-refractivity contribution in [3.8, 4) is 11.1 Å². The van der Waals surface area contributed by atoms with Gasteiger partial charge < -0.3 is 14.7 Å². The Balaban J connectivity index is 1.14. The average molecular weight is 522 g/mol. The van der Waals surface area contributed by atoms with Gasteiger partial charge in [-0.15, -0.1) is 0 Å². The highest BCUT2D eigenvalue weighted by Gasteiger charge is 2.48. The van der Waals surface area contributed by atoms with Crippen LogP contribution in [0.2, 0.25) is 0 Å². The maximum Gasteiger partial charge on any atom is 0.416 e. The highest BCUT2D eigenvalue weighted by atomic mass is 19.4. The van der Waals surface area contributed by atoms with Crippen molar-refractivity contribution < 1.29 is 27.8 Å². The summed E-state index contributed by atoms with van der Waals surface area (Å²) in [5, 5.41) is 11.5. The van der Waals surface area contributed by atoms with Crippen molar-refractivity contribution in [3.63, 3.8) is 0 Å². The lowest BCUT2D eigenvalue weighted by atomic mass is 9.73. The topological polar surface area (TPSA) is 49.8 Å². The van der Waals surface area contributed by atoms with E-state index in [1.54, 1.807) is 0 Å². The summed E-state index contributed by atoms with van der Waals surface area (Å²) in [6.07, 6.45) is -1.19. The van der Waals surface area contributed by atoms with Gasteiger partial charge in [0.05, 0.1) is 11.2 Å². The van der Waals surface area contributed by atoms with E-state index in [1.807, 2.05) is 29.2 Å². The molecular formula is C31H30F3NO3. The molecule has 0 spiro atoms. The number of fused-ring (bicyclic) bond motifs is 5. The lowest BCUT2D eigenvalue weighted by Gasteiger charge is -2.51. The van der Waals surface area contributed by atoms with E-state index in [0.29, 0.717) is 18.4 Å². The lowest BCUT2D eigenvalue weighted by molar-refractivity contribution is -0.137. The molecule has 3 aromatic carbocycles. The molecule has 1 N–H and O–H groups in total. The van der Waals surface area contributed by atoms with Gasteiger partial charge in [0.1, 0.15) is 6.61 Å². The Morgan fingerprint density at radius 1 is 0.895 bits per heavy atom. The van der Waals surface area contributed by atoms with Crippen molar-refractivity contribution >= 4 is 6.09 Å². The zero-order chi connectivity index (χ0) is 26.5. The summed E-state index contributed by atoms with van der Waals surface area (Å²) in [5.41, 5.74) is 3.55. The summed E-state index contributed by atoms with van der Waals surface area (Å²) < 4.78 is 44.8. The van der Waals surface area contributed by atoms with E-state index >= 15 is 0 Å². The molecule has 2 saturated heterocycles. The Kier molecular flexibility index (Phi) is 6.22. The Bertz CT molecular complexity index is 1280. The number of rotatable bonds is 4. The second-order valence-electron chi connectivity index (χ2n) is 11.0. The third-order valence-electron chi connectivity index (χ3n) is 8.45. The molecule has 2 fully saturated rings. The Morgan fingerprint density at radius 2 is 1.45 bits per heavy atom. The number of carbonyl (C=O) groups is 1. The number of benzene rings is 3. The SMILES string of the molecule is O=C(OCC1c2ccccc2-c2ccccc21)N1C2CCCC1CC(O)(Cc1ccc(C(F)(F)F)cc1)C2. The molecule has 2 heterocycles. The Morgan fingerprint density at radius 3 is 2.00 bits per heavy atom.